The Balaban J connectivity index is 1.94. The normalized spacial score (nSPS) is 11.9. The van der Waals surface area contributed by atoms with Gasteiger partial charge in [-0.25, -0.2) is 12.7 Å². The van der Waals surface area contributed by atoms with E-state index in [0.717, 1.165) is 0 Å². The second kappa shape index (κ2) is 9.86. The van der Waals surface area contributed by atoms with Crippen LogP contribution in [0.4, 0.5) is 5.69 Å². The van der Waals surface area contributed by atoms with Gasteiger partial charge in [0.25, 0.3) is 5.91 Å². The number of nitrogens with one attached hydrogen (secondary N) is 2. The average Bonchev–Trinajstić information content (AvgIpc) is 2.67. The quantitative estimate of drug-likeness (QED) is 0.671. The van der Waals surface area contributed by atoms with Crippen LogP contribution in [-0.4, -0.2) is 43.7 Å². The average molecular weight is 432 g/mol. The van der Waals surface area contributed by atoms with Crippen molar-refractivity contribution in [2.24, 2.45) is 0 Å². The van der Waals surface area contributed by atoms with Gasteiger partial charge in [0.05, 0.1) is 16.1 Å². The summed E-state index contributed by atoms with van der Waals surface area (Å²) in [7, 11) is -2.09. The molecule has 0 saturated heterocycles. The van der Waals surface area contributed by atoms with Crippen LogP contribution in [-0.2, 0) is 14.8 Å². The molecule has 0 unspecified atom stereocenters. The van der Waals surface area contributed by atoms with Crippen molar-refractivity contribution in [1.82, 2.24) is 9.62 Å². The minimum absolute atomic E-state index is 0.129. The number of benzene rings is 2. The van der Waals surface area contributed by atoms with Gasteiger partial charge in [0.15, 0.2) is 0 Å². The fraction of sp³-hybridized carbons (Fsp3) is 0.364. The van der Waals surface area contributed by atoms with Gasteiger partial charge in [0.2, 0.25) is 15.9 Å². The number of amides is 2. The second-order valence-electron chi connectivity index (χ2n) is 8.04. The minimum Gasteiger partial charge on any atom is -0.347 e. The molecule has 2 amide bonds. The van der Waals surface area contributed by atoms with Crippen LogP contribution in [0, 0.1) is 0 Å². The Hall–Kier alpha value is -2.71. The molecule has 0 bridgehead atoms. The van der Waals surface area contributed by atoms with E-state index in [2.05, 4.69) is 10.6 Å². The van der Waals surface area contributed by atoms with Crippen LogP contribution in [0.3, 0.4) is 0 Å². The van der Waals surface area contributed by atoms with E-state index in [9.17, 15) is 18.0 Å². The SMILES string of the molecule is CN(CCCC(=O)Nc1ccccc1C(=O)NC(C)(C)C)S(=O)(=O)c1ccccc1. The van der Waals surface area contributed by atoms with Crippen molar-refractivity contribution in [1.29, 1.82) is 0 Å². The first-order valence-corrected chi connectivity index (χ1v) is 11.2. The standard InChI is InChI=1S/C22H29N3O4S/c1-22(2,3)24-21(27)18-13-8-9-14-19(18)23-20(26)15-10-16-25(4)30(28,29)17-11-6-5-7-12-17/h5-9,11-14H,10,15-16H2,1-4H3,(H,23,26)(H,24,27). The number of carbonyl (C=O) groups is 2. The third-order valence-corrected chi connectivity index (χ3v) is 6.13. The fourth-order valence-electron chi connectivity index (χ4n) is 2.77. The molecule has 2 aromatic rings. The number of hydrogen-bond acceptors (Lipinski definition) is 4. The summed E-state index contributed by atoms with van der Waals surface area (Å²) in [5.41, 5.74) is 0.405. The monoisotopic (exact) mass is 431 g/mol. The molecule has 0 fully saturated rings. The molecule has 30 heavy (non-hydrogen) atoms. The van der Waals surface area contributed by atoms with E-state index in [1.54, 1.807) is 42.5 Å². The van der Waals surface area contributed by atoms with Crippen LogP contribution in [0.15, 0.2) is 59.5 Å². The molecule has 0 aliphatic carbocycles. The van der Waals surface area contributed by atoms with Crippen LogP contribution in [0.1, 0.15) is 44.0 Å². The number of nitrogens with zero attached hydrogens (tertiary/aromatic N) is 1. The molecule has 0 heterocycles. The lowest BCUT2D eigenvalue weighted by molar-refractivity contribution is -0.116. The summed E-state index contributed by atoms with van der Waals surface area (Å²) < 4.78 is 26.3. The van der Waals surface area contributed by atoms with Crippen LogP contribution >= 0.6 is 0 Å². The Bertz CT molecular complexity index is 983. The molecular weight excluding hydrogens is 402 g/mol. The predicted molar refractivity (Wildman–Crippen MR) is 118 cm³/mol. The molecule has 2 rings (SSSR count). The molecule has 0 aliphatic rings. The van der Waals surface area contributed by atoms with Crippen molar-refractivity contribution in [3.63, 3.8) is 0 Å². The summed E-state index contributed by atoms with van der Waals surface area (Å²) in [5, 5.41) is 5.63. The van der Waals surface area contributed by atoms with Gasteiger partial charge in [-0.2, -0.15) is 0 Å². The number of hydrogen-bond donors (Lipinski definition) is 2. The van der Waals surface area contributed by atoms with Crippen molar-refractivity contribution in [2.75, 3.05) is 18.9 Å². The van der Waals surface area contributed by atoms with Gasteiger partial charge in [-0.1, -0.05) is 30.3 Å². The Labute approximate surface area is 178 Å². The third kappa shape index (κ3) is 6.67. The summed E-state index contributed by atoms with van der Waals surface area (Å²) in [6.45, 7) is 5.85. The number of para-hydroxylation sites is 1. The Morgan fingerprint density at radius 3 is 2.20 bits per heavy atom. The molecular formula is C22H29N3O4S. The van der Waals surface area contributed by atoms with Crippen LogP contribution in [0.5, 0.6) is 0 Å². The third-order valence-electron chi connectivity index (χ3n) is 4.26. The first kappa shape index (κ1) is 23.6. The highest BCUT2D eigenvalue weighted by molar-refractivity contribution is 7.89. The summed E-state index contributed by atoms with van der Waals surface area (Å²) in [6, 6.07) is 15.0. The highest BCUT2D eigenvalue weighted by Gasteiger charge is 2.21. The zero-order chi connectivity index (χ0) is 22.4. The summed E-state index contributed by atoms with van der Waals surface area (Å²) >= 11 is 0. The Morgan fingerprint density at radius 2 is 1.57 bits per heavy atom. The van der Waals surface area contributed by atoms with Crippen molar-refractivity contribution < 1.29 is 18.0 Å². The van der Waals surface area contributed by atoms with Gasteiger partial charge < -0.3 is 10.6 Å². The zero-order valence-corrected chi connectivity index (χ0v) is 18.6. The fourth-order valence-corrected chi connectivity index (χ4v) is 4.00. The zero-order valence-electron chi connectivity index (χ0n) is 17.8. The van der Waals surface area contributed by atoms with Gasteiger partial charge in [-0.05, 0) is 51.5 Å². The van der Waals surface area contributed by atoms with Crippen molar-refractivity contribution in [3.05, 3.63) is 60.2 Å². The molecule has 0 spiro atoms. The molecule has 2 N–H and O–H groups in total. The number of sulfonamides is 1. The molecule has 0 radical (unpaired) electrons. The molecule has 0 atom stereocenters. The van der Waals surface area contributed by atoms with Crippen LogP contribution in [0.2, 0.25) is 0 Å². The number of carbonyl (C=O) groups excluding carboxylic acids is 2. The smallest absolute Gasteiger partial charge is 0.253 e. The van der Waals surface area contributed by atoms with E-state index >= 15 is 0 Å². The summed E-state index contributed by atoms with van der Waals surface area (Å²) in [5.74, 6) is -0.552. The minimum atomic E-state index is -3.58. The van der Waals surface area contributed by atoms with Gasteiger partial charge in [-0.15, -0.1) is 0 Å². The van der Waals surface area contributed by atoms with Crippen molar-refractivity contribution in [2.45, 2.75) is 44.0 Å². The van der Waals surface area contributed by atoms with Gasteiger partial charge >= 0.3 is 0 Å². The predicted octanol–water partition coefficient (Wildman–Crippen LogP) is 3.25. The Morgan fingerprint density at radius 1 is 0.967 bits per heavy atom. The molecule has 0 saturated carbocycles. The topological polar surface area (TPSA) is 95.6 Å². The van der Waals surface area contributed by atoms with Gasteiger partial charge in [-0.3, -0.25) is 9.59 Å². The first-order valence-electron chi connectivity index (χ1n) is 9.73. The van der Waals surface area contributed by atoms with E-state index in [1.807, 2.05) is 20.8 Å². The molecule has 0 aromatic heterocycles. The maximum Gasteiger partial charge on any atom is 0.253 e. The lowest BCUT2D eigenvalue weighted by Crippen LogP contribution is -2.40. The van der Waals surface area contributed by atoms with E-state index in [1.165, 1.54) is 23.5 Å². The van der Waals surface area contributed by atoms with E-state index in [0.29, 0.717) is 17.7 Å². The van der Waals surface area contributed by atoms with E-state index < -0.39 is 15.6 Å². The highest BCUT2D eigenvalue weighted by Crippen LogP contribution is 2.17. The molecule has 2 aromatic carbocycles. The number of anilines is 1. The lowest BCUT2D eigenvalue weighted by Gasteiger charge is -2.21. The lowest BCUT2D eigenvalue weighted by atomic mass is 10.1. The largest absolute Gasteiger partial charge is 0.347 e. The molecule has 8 heteroatoms. The van der Waals surface area contributed by atoms with Crippen LogP contribution in [0.25, 0.3) is 0 Å². The molecule has 162 valence electrons. The first-order chi connectivity index (χ1) is 14.0. The molecule has 0 aliphatic heterocycles. The second-order valence-corrected chi connectivity index (χ2v) is 10.1. The number of rotatable bonds is 8. The van der Waals surface area contributed by atoms with E-state index in [4.69, 9.17) is 0 Å². The van der Waals surface area contributed by atoms with Crippen molar-refractivity contribution in [3.8, 4) is 0 Å². The van der Waals surface area contributed by atoms with Gasteiger partial charge in [0.1, 0.15) is 0 Å². The van der Waals surface area contributed by atoms with E-state index in [-0.39, 0.29) is 29.7 Å². The summed E-state index contributed by atoms with van der Waals surface area (Å²) in [6.07, 6.45) is 0.481. The van der Waals surface area contributed by atoms with Gasteiger partial charge in [0, 0.05) is 25.6 Å². The molecule has 7 nitrogen and oxygen atoms in total. The maximum atomic E-state index is 12.5. The van der Waals surface area contributed by atoms with Crippen molar-refractivity contribution >= 4 is 27.5 Å². The summed E-state index contributed by atoms with van der Waals surface area (Å²) in [4.78, 5) is 25.1. The maximum absolute atomic E-state index is 12.5. The Kier molecular flexibility index (Phi) is 7.75. The van der Waals surface area contributed by atoms with Crippen LogP contribution < -0.4 is 10.6 Å². The highest BCUT2D eigenvalue weighted by atomic mass is 32.2.